The van der Waals surface area contributed by atoms with Crippen LogP contribution >= 0.6 is 15.9 Å². The Morgan fingerprint density at radius 3 is 2.53 bits per heavy atom. The molecule has 1 aliphatic carbocycles. The first-order valence-corrected chi connectivity index (χ1v) is 6.69. The Kier molecular flexibility index (Phi) is 4.18. The molecule has 2 rings (SSSR count). The predicted octanol–water partition coefficient (Wildman–Crippen LogP) is 2.48. The number of hydrogen-bond donors (Lipinski definition) is 2. The largest absolute Gasteiger partial charge is 0.393 e. The molecule has 1 amide bonds. The lowest BCUT2D eigenvalue weighted by Crippen LogP contribution is -2.38. The third-order valence-corrected chi connectivity index (χ3v) is 3.84. The molecule has 17 heavy (non-hydrogen) atoms. The molecule has 0 saturated heterocycles. The lowest BCUT2D eigenvalue weighted by Gasteiger charge is -2.26. The minimum atomic E-state index is -0.188. The minimum absolute atomic E-state index is 0.0427. The van der Waals surface area contributed by atoms with Crippen molar-refractivity contribution in [3.05, 3.63) is 34.3 Å². The van der Waals surface area contributed by atoms with Gasteiger partial charge in [-0.2, -0.15) is 0 Å². The highest BCUT2D eigenvalue weighted by Gasteiger charge is 2.21. The van der Waals surface area contributed by atoms with E-state index in [0.717, 1.165) is 30.2 Å². The Balaban J connectivity index is 1.96. The van der Waals surface area contributed by atoms with Gasteiger partial charge in [-0.1, -0.05) is 12.1 Å². The van der Waals surface area contributed by atoms with Crippen molar-refractivity contribution in [2.24, 2.45) is 0 Å². The second-order valence-corrected chi connectivity index (χ2v) is 5.31. The molecule has 1 saturated carbocycles. The molecule has 0 atom stereocenters. The highest BCUT2D eigenvalue weighted by atomic mass is 79.9. The van der Waals surface area contributed by atoms with Crippen LogP contribution in [0.1, 0.15) is 36.0 Å². The summed E-state index contributed by atoms with van der Waals surface area (Å²) in [4.78, 5) is 12.0. The maximum Gasteiger partial charge on any atom is 0.252 e. The predicted molar refractivity (Wildman–Crippen MR) is 69.9 cm³/mol. The summed E-state index contributed by atoms with van der Waals surface area (Å²) in [5.74, 6) is -0.0427. The van der Waals surface area contributed by atoms with Gasteiger partial charge < -0.3 is 10.4 Å². The normalized spacial score (nSPS) is 24.4. The highest BCUT2D eigenvalue weighted by Crippen LogP contribution is 2.20. The van der Waals surface area contributed by atoms with Crippen LogP contribution in [0.2, 0.25) is 0 Å². The van der Waals surface area contributed by atoms with Crippen LogP contribution in [-0.2, 0) is 0 Å². The van der Waals surface area contributed by atoms with Gasteiger partial charge in [0.1, 0.15) is 0 Å². The Labute approximate surface area is 109 Å². The Morgan fingerprint density at radius 2 is 1.88 bits per heavy atom. The Morgan fingerprint density at radius 1 is 1.24 bits per heavy atom. The summed E-state index contributed by atoms with van der Waals surface area (Å²) in [6.45, 7) is 0. The number of amides is 1. The van der Waals surface area contributed by atoms with Gasteiger partial charge in [0.2, 0.25) is 0 Å². The topological polar surface area (TPSA) is 49.3 Å². The zero-order valence-electron chi connectivity index (χ0n) is 9.53. The summed E-state index contributed by atoms with van der Waals surface area (Å²) < 4.78 is 0.813. The van der Waals surface area contributed by atoms with Crippen molar-refractivity contribution >= 4 is 21.8 Å². The van der Waals surface area contributed by atoms with E-state index in [1.165, 1.54) is 0 Å². The molecule has 0 aromatic heterocycles. The highest BCUT2D eigenvalue weighted by molar-refractivity contribution is 9.10. The molecule has 4 heteroatoms. The van der Waals surface area contributed by atoms with E-state index in [9.17, 15) is 9.90 Å². The van der Waals surface area contributed by atoms with E-state index in [1.54, 1.807) is 6.07 Å². The van der Waals surface area contributed by atoms with Gasteiger partial charge in [0.05, 0.1) is 11.7 Å². The second-order valence-electron chi connectivity index (χ2n) is 4.46. The molecule has 1 aromatic rings. The number of carbonyl (C=O) groups is 1. The van der Waals surface area contributed by atoms with Crippen molar-refractivity contribution in [2.45, 2.75) is 37.8 Å². The van der Waals surface area contributed by atoms with Gasteiger partial charge in [-0.05, 0) is 53.7 Å². The number of rotatable bonds is 2. The minimum Gasteiger partial charge on any atom is -0.393 e. The standard InChI is InChI=1S/C13H16BrNO2/c14-12-4-2-1-3-11(12)13(17)15-9-5-7-10(16)8-6-9/h1-4,9-10,16H,5-8H2,(H,15,17). The lowest BCUT2D eigenvalue weighted by molar-refractivity contribution is 0.0867. The summed E-state index contributed by atoms with van der Waals surface area (Å²) in [6.07, 6.45) is 3.09. The number of aliphatic hydroxyl groups is 1. The number of nitrogens with one attached hydrogen (secondary N) is 1. The average Bonchev–Trinajstić information content (AvgIpc) is 2.32. The Bertz CT molecular complexity index is 400. The van der Waals surface area contributed by atoms with Crippen LogP contribution in [0.3, 0.4) is 0 Å². The first-order chi connectivity index (χ1) is 8.16. The summed E-state index contributed by atoms with van der Waals surface area (Å²) in [5, 5.41) is 12.4. The quantitative estimate of drug-likeness (QED) is 0.881. The molecule has 0 spiro atoms. The van der Waals surface area contributed by atoms with Crippen LogP contribution in [0.15, 0.2) is 28.7 Å². The van der Waals surface area contributed by atoms with Crippen molar-refractivity contribution in [1.29, 1.82) is 0 Å². The van der Waals surface area contributed by atoms with Crippen molar-refractivity contribution in [1.82, 2.24) is 5.32 Å². The molecule has 1 fully saturated rings. The number of halogens is 1. The van der Waals surface area contributed by atoms with Gasteiger partial charge in [0.15, 0.2) is 0 Å². The third kappa shape index (κ3) is 3.30. The van der Waals surface area contributed by atoms with Gasteiger partial charge in [-0.25, -0.2) is 0 Å². The second kappa shape index (κ2) is 5.65. The van der Waals surface area contributed by atoms with Gasteiger partial charge in [0.25, 0.3) is 5.91 Å². The fourth-order valence-electron chi connectivity index (χ4n) is 2.13. The molecule has 1 aromatic carbocycles. The van der Waals surface area contributed by atoms with Crippen LogP contribution in [0, 0.1) is 0 Å². The van der Waals surface area contributed by atoms with Crippen LogP contribution in [0.5, 0.6) is 0 Å². The third-order valence-electron chi connectivity index (χ3n) is 3.15. The molecule has 3 nitrogen and oxygen atoms in total. The van der Waals surface area contributed by atoms with Crippen LogP contribution in [0.4, 0.5) is 0 Å². The number of carbonyl (C=O) groups excluding carboxylic acids is 1. The molecule has 0 bridgehead atoms. The molecule has 0 aliphatic heterocycles. The van der Waals surface area contributed by atoms with Crippen LogP contribution in [-0.4, -0.2) is 23.2 Å². The van der Waals surface area contributed by atoms with Gasteiger partial charge in [-0.15, -0.1) is 0 Å². The summed E-state index contributed by atoms with van der Waals surface area (Å²) >= 11 is 3.37. The van der Waals surface area contributed by atoms with Crippen molar-refractivity contribution in [3.8, 4) is 0 Å². The summed E-state index contributed by atoms with van der Waals surface area (Å²) in [5.41, 5.74) is 0.665. The fraction of sp³-hybridized carbons (Fsp3) is 0.462. The van der Waals surface area contributed by atoms with Crippen molar-refractivity contribution in [3.63, 3.8) is 0 Å². The lowest BCUT2D eigenvalue weighted by atomic mass is 9.93. The molecule has 0 heterocycles. The van der Waals surface area contributed by atoms with Gasteiger partial charge in [0, 0.05) is 10.5 Å². The summed E-state index contributed by atoms with van der Waals surface area (Å²) in [7, 11) is 0. The van der Waals surface area contributed by atoms with Crippen LogP contribution in [0.25, 0.3) is 0 Å². The Hall–Kier alpha value is -0.870. The number of hydrogen-bond acceptors (Lipinski definition) is 2. The molecule has 92 valence electrons. The van der Waals surface area contributed by atoms with Crippen molar-refractivity contribution < 1.29 is 9.90 Å². The molecule has 0 radical (unpaired) electrons. The van der Waals surface area contributed by atoms with E-state index in [-0.39, 0.29) is 18.1 Å². The zero-order valence-corrected chi connectivity index (χ0v) is 11.1. The van der Waals surface area contributed by atoms with E-state index in [1.807, 2.05) is 18.2 Å². The van der Waals surface area contributed by atoms with Gasteiger partial charge in [-0.3, -0.25) is 4.79 Å². The molecule has 0 unspecified atom stereocenters. The first-order valence-electron chi connectivity index (χ1n) is 5.90. The van der Waals surface area contributed by atoms with E-state index in [4.69, 9.17) is 0 Å². The molecular weight excluding hydrogens is 282 g/mol. The van der Waals surface area contributed by atoms with E-state index >= 15 is 0 Å². The molecular formula is C13H16BrNO2. The number of aliphatic hydroxyl groups excluding tert-OH is 1. The summed E-state index contributed by atoms with van der Waals surface area (Å²) in [6, 6.07) is 7.59. The SMILES string of the molecule is O=C(NC1CCC(O)CC1)c1ccccc1Br. The maximum absolute atomic E-state index is 12.0. The average molecular weight is 298 g/mol. The fourth-order valence-corrected chi connectivity index (χ4v) is 2.59. The van der Waals surface area contributed by atoms with E-state index in [0.29, 0.717) is 5.56 Å². The van der Waals surface area contributed by atoms with Gasteiger partial charge >= 0.3 is 0 Å². The molecule has 2 N–H and O–H groups in total. The van der Waals surface area contributed by atoms with Crippen molar-refractivity contribution in [2.75, 3.05) is 0 Å². The smallest absolute Gasteiger partial charge is 0.252 e. The zero-order chi connectivity index (χ0) is 12.3. The van der Waals surface area contributed by atoms with Crippen LogP contribution < -0.4 is 5.32 Å². The number of benzene rings is 1. The van der Waals surface area contributed by atoms with E-state index < -0.39 is 0 Å². The monoisotopic (exact) mass is 297 g/mol. The maximum atomic E-state index is 12.0. The first kappa shape index (κ1) is 12.6. The van der Waals surface area contributed by atoms with E-state index in [2.05, 4.69) is 21.2 Å². The molecule has 1 aliphatic rings.